The number of amides is 2. The van der Waals surface area contributed by atoms with Crippen LogP contribution in [0, 0.1) is 13.8 Å². The highest BCUT2D eigenvalue weighted by molar-refractivity contribution is 8.00. The zero-order chi connectivity index (χ0) is 23.1. The number of carbonyl (C=O) groups excluding carboxylic acids is 2. The SMILES string of the molecule is COc1ccc(C(=O)Nc2cccc(SCC(=O)Nc3cc(C)ccc3C)c2)cc1OC. The fraction of sp³-hybridized carbons (Fsp3) is 0.200. The zero-order valence-corrected chi connectivity index (χ0v) is 19.3. The molecule has 0 saturated heterocycles. The first-order valence-corrected chi connectivity index (χ1v) is 11.0. The minimum atomic E-state index is -0.263. The summed E-state index contributed by atoms with van der Waals surface area (Å²) in [6, 6.07) is 18.3. The summed E-state index contributed by atoms with van der Waals surface area (Å²) in [5, 5.41) is 5.84. The molecule has 0 atom stereocenters. The van der Waals surface area contributed by atoms with Gasteiger partial charge in [0.15, 0.2) is 11.5 Å². The van der Waals surface area contributed by atoms with Crippen LogP contribution in [0.3, 0.4) is 0 Å². The second-order valence-electron chi connectivity index (χ2n) is 7.21. The molecule has 166 valence electrons. The van der Waals surface area contributed by atoms with E-state index < -0.39 is 0 Å². The molecule has 2 N–H and O–H groups in total. The lowest BCUT2D eigenvalue weighted by Gasteiger charge is -2.11. The number of thioether (sulfide) groups is 1. The molecule has 0 aliphatic carbocycles. The summed E-state index contributed by atoms with van der Waals surface area (Å²) in [7, 11) is 3.07. The van der Waals surface area contributed by atoms with E-state index in [1.54, 1.807) is 31.4 Å². The molecule has 3 aromatic carbocycles. The summed E-state index contributed by atoms with van der Waals surface area (Å²) < 4.78 is 10.5. The average Bonchev–Trinajstić information content (AvgIpc) is 2.79. The maximum Gasteiger partial charge on any atom is 0.255 e. The molecule has 2 amide bonds. The lowest BCUT2D eigenvalue weighted by molar-refractivity contribution is -0.113. The van der Waals surface area contributed by atoms with Crippen molar-refractivity contribution in [3.63, 3.8) is 0 Å². The summed E-state index contributed by atoms with van der Waals surface area (Å²) in [4.78, 5) is 25.9. The summed E-state index contributed by atoms with van der Waals surface area (Å²) in [6.07, 6.45) is 0. The van der Waals surface area contributed by atoms with Gasteiger partial charge in [0.2, 0.25) is 5.91 Å². The minimum absolute atomic E-state index is 0.0801. The Kier molecular flexibility index (Phi) is 7.78. The van der Waals surface area contributed by atoms with Crippen molar-refractivity contribution in [1.29, 1.82) is 0 Å². The molecule has 0 aliphatic heterocycles. The number of anilines is 2. The number of benzene rings is 3. The Bertz CT molecular complexity index is 1130. The first-order valence-electron chi connectivity index (χ1n) is 10.0. The van der Waals surface area contributed by atoms with E-state index >= 15 is 0 Å². The number of hydrogen-bond donors (Lipinski definition) is 2. The fourth-order valence-electron chi connectivity index (χ4n) is 3.05. The van der Waals surface area contributed by atoms with Crippen LogP contribution in [0.1, 0.15) is 21.5 Å². The fourth-order valence-corrected chi connectivity index (χ4v) is 3.81. The van der Waals surface area contributed by atoms with Crippen molar-refractivity contribution in [2.75, 3.05) is 30.6 Å². The zero-order valence-electron chi connectivity index (χ0n) is 18.5. The highest BCUT2D eigenvalue weighted by Crippen LogP contribution is 2.28. The van der Waals surface area contributed by atoms with Crippen LogP contribution in [0.5, 0.6) is 11.5 Å². The molecular formula is C25H26N2O4S. The topological polar surface area (TPSA) is 76.7 Å². The molecule has 0 saturated carbocycles. The number of carbonyl (C=O) groups is 2. The third kappa shape index (κ3) is 6.04. The Hall–Kier alpha value is -3.45. The van der Waals surface area contributed by atoms with E-state index in [9.17, 15) is 9.59 Å². The monoisotopic (exact) mass is 450 g/mol. The van der Waals surface area contributed by atoms with Crippen LogP contribution in [-0.4, -0.2) is 31.8 Å². The molecule has 0 unspecified atom stereocenters. The third-order valence-corrected chi connectivity index (χ3v) is 5.77. The molecule has 3 rings (SSSR count). The van der Waals surface area contributed by atoms with Gasteiger partial charge in [-0.1, -0.05) is 18.2 Å². The molecule has 0 aliphatic rings. The molecule has 0 spiro atoms. The van der Waals surface area contributed by atoms with E-state index in [1.807, 2.05) is 50.2 Å². The third-order valence-electron chi connectivity index (χ3n) is 4.77. The van der Waals surface area contributed by atoms with Crippen molar-refractivity contribution < 1.29 is 19.1 Å². The van der Waals surface area contributed by atoms with Gasteiger partial charge < -0.3 is 20.1 Å². The molecule has 0 bridgehead atoms. The number of nitrogens with one attached hydrogen (secondary N) is 2. The summed E-state index contributed by atoms with van der Waals surface area (Å²) in [5.74, 6) is 0.964. The molecule has 0 radical (unpaired) electrons. The number of rotatable bonds is 8. The van der Waals surface area contributed by atoms with Gasteiger partial charge in [-0.3, -0.25) is 9.59 Å². The van der Waals surface area contributed by atoms with Crippen molar-refractivity contribution >= 4 is 35.0 Å². The molecule has 0 fully saturated rings. The summed E-state index contributed by atoms with van der Waals surface area (Å²) in [5.41, 5.74) is 4.04. The molecule has 0 heterocycles. The van der Waals surface area contributed by atoms with Gasteiger partial charge in [0.25, 0.3) is 5.91 Å². The number of ether oxygens (including phenoxy) is 2. The van der Waals surface area contributed by atoms with Crippen LogP contribution in [0.2, 0.25) is 0 Å². The quantitative estimate of drug-likeness (QED) is 0.455. The van der Waals surface area contributed by atoms with Gasteiger partial charge in [-0.25, -0.2) is 0 Å². The predicted octanol–water partition coefficient (Wildman–Crippen LogP) is 5.30. The molecule has 0 aromatic heterocycles. The second-order valence-corrected chi connectivity index (χ2v) is 8.26. The van der Waals surface area contributed by atoms with E-state index in [-0.39, 0.29) is 17.6 Å². The second kappa shape index (κ2) is 10.7. The Balaban J connectivity index is 1.61. The van der Waals surface area contributed by atoms with Gasteiger partial charge in [-0.15, -0.1) is 11.8 Å². The Morgan fingerprint density at radius 1 is 0.875 bits per heavy atom. The van der Waals surface area contributed by atoms with Crippen molar-refractivity contribution in [3.8, 4) is 11.5 Å². The highest BCUT2D eigenvalue weighted by atomic mass is 32.2. The van der Waals surface area contributed by atoms with Crippen LogP contribution in [0.4, 0.5) is 11.4 Å². The van der Waals surface area contributed by atoms with E-state index in [0.29, 0.717) is 22.7 Å². The van der Waals surface area contributed by atoms with Crippen LogP contribution in [0.15, 0.2) is 65.6 Å². The largest absolute Gasteiger partial charge is 0.493 e. The van der Waals surface area contributed by atoms with Crippen LogP contribution >= 0.6 is 11.8 Å². The Labute approximate surface area is 192 Å². The van der Waals surface area contributed by atoms with Gasteiger partial charge in [-0.2, -0.15) is 0 Å². The molecule has 32 heavy (non-hydrogen) atoms. The van der Waals surface area contributed by atoms with Gasteiger partial charge in [-0.05, 0) is 67.4 Å². The number of hydrogen-bond acceptors (Lipinski definition) is 5. The molecule has 3 aromatic rings. The highest BCUT2D eigenvalue weighted by Gasteiger charge is 2.12. The smallest absolute Gasteiger partial charge is 0.255 e. The standard InChI is InChI=1S/C25H26N2O4S/c1-16-8-9-17(2)21(12-16)27-24(28)15-32-20-7-5-6-19(14-20)26-25(29)18-10-11-22(30-3)23(13-18)31-4/h5-14H,15H2,1-4H3,(H,26,29)(H,27,28). The number of methoxy groups -OCH3 is 2. The van der Waals surface area contributed by atoms with Crippen molar-refractivity contribution in [2.45, 2.75) is 18.7 Å². The van der Waals surface area contributed by atoms with Gasteiger partial charge in [0.05, 0.1) is 20.0 Å². The first-order chi connectivity index (χ1) is 15.4. The maximum atomic E-state index is 12.6. The van der Waals surface area contributed by atoms with Crippen molar-refractivity contribution in [2.24, 2.45) is 0 Å². The lowest BCUT2D eigenvalue weighted by Crippen LogP contribution is -2.15. The van der Waals surface area contributed by atoms with Crippen LogP contribution in [-0.2, 0) is 4.79 Å². The summed E-state index contributed by atoms with van der Waals surface area (Å²) in [6.45, 7) is 3.96. The summed E-state index contributed by atoms with van der Waals surface area (Å²) >= 11 is 1.41. The predicted molar refractivity (Wildman–Crippen MR) is 129 cm³/mol. The van der Waals surface area contributed by atoms with E-state index in [2.05, 4.69) is 10.6 Å². The number of aryl methyl sites for hydroxylation is 2. The van der Waals surface area contributed by atoms with E-state index in [4.69, 9.17) is 9.47 Å². The first kappa shape index (κ1) is 23.2. The van der Waals surface area contributed by atoms with E-state index in [0.717, 1.165) is 21.7 Å². The normalized spacial score (nSPS) is 10.4. The Morgan fingerprint density at radius 2 is 1.66 bits per heavy atom. The Morgan fingerprint density at radius 3 is 2.41 bits per heavy atom. The van der Waals surface area contributed by atoms with Crippen molar-refractivity contribution in [1.82, 2.24) is 0 Å². The molecule has 6 nitrogen and oxygen atoms in total. The van der Waals surface area contributed by atoms with Crippen LogP contribution < -0.4 is 20.1 Å². The molecular weight excluding hydrogens is 424 g/mol. The lowest BCUT2D eigenvalue weighted by atomic mass is 10.1. The van der Waals surface area contributed by atoms with Crippen molar-refractivity contribution in [3.05, 3.63) is 77.4 Å². The van der Waals surface area contributed by atoms with Gasteiger partial charge in [0, 0.05) is 21.8 Å². The van der Waals surface area contributed by atoms with Gasteiger partial charge >= 0.3 is 0 Å². The van der Waals surface area contributed by atoms with Gasteiger partial charge in [0.1, 0.15) is 0 Å². The van der Waals surface area contributed by atoms with E-state index in [1.165, 1.54) is 18.9 Å². The average molecular weight is 451 g/mol. The minimum Gasteiger partial charge on any atom is -0.493 e. The maximum absolute atomic E-state index is 12.6. The van der Waals surface area contributed by atoms with Crippen LogP contribution in [0.25, 0.3) is 0 Å². The molecule has 7 heteroatoms.